The SMILES string of the molecule is CCn1ccc(CNC(c2cccs2)C(C)C)c1. The summed E-state index contributed by atoms with van der Waals surface area (Å²) in [7, 11) is 0. The van der Waals surface area contributed by atoms with Crippen LogP contribution in [0.3, 0.4) is 0 Å². The van der Waals surface area contributed by atoms with Crippen molar-refractivity contribution in [2.45, 2.75) is 39.9 Å². The van der Waals surface area contributed by atoms with Crippen LogP contribution in [0.4, 0.5) is 0 Å². The van der Waals surface area contributed by atoms with Crippen LogP contribution in [0.5, 0.6) is 0 Å². The minimum atomic E-state index is 0.454. The second-order valence-electron chi connectivity index (χ2n) is 4.97. The molecule has 98 valence electrons. The molecule has 1 atom stereocenters. The van der Waals surface area contributed by atoms with Crippen molar-refractivity contribution in [2.24, 2.45) is 5.92 Å². The quantitative estimate of drug-likeness (QED) is 0.831. The van der Waals surface area contributed by atoms with Crippen molar-refractivity contribution in [1.29, 1.82) is 0 Å². The highest BCUT2D eigenvalue weighted by atomic mass is 32.1. The van der Waals surface area contributed by atoms with Gasteiger partial charge in [-0.15, -0.1) is 11.3 Å². The average Bonchev–Trinajstić information content (AvgIpc) is 2.99. The van der Waals surface area contributed by atoms with E-state index in [0.29, 0.717) is 12.0 Å². The Morgan fingerprint density at radius 1 is 1.33 bits per heavy atom. The van der Waals surface area contributed by atoms with Gasteiger partial charge in [-0.1, -0.05) is 19.9 Å². The largest absolute Gasteiger partial charge is 0.354 e. The molecule has 0 saturated carbocycles. The van der Waals surface area contributed by atoms with Crippen LogP contribution >= 0.6 is 11.3 Å². The van der Waals surface area contributed by atoms with E-state index in [1.807, 2.05) is 11.3 Å². The second-order valence-corrected chi connectivity index (χ2v) is 5.95. The van der Waals surface area contributed by atoms with Crippen LogP contribution in [0.2, 0.25) is 0 Å². The maximum atomic E-state index is 3.67. The summed E-state index contributed by atoms with van der Waals surface area (Å²) in [5.74, 6) is 0.608. The zero-order valence-corrected chi connectivity index (χ0v) is 12.2. The fourth-order valence-corrected chi connectivity index (χ4v) is 3.13. The molecule has 0 bridgehead atoms. The summed E-state index contributed by atoms with van der Waals surface area (Å²) in [6, 6.07) is 7.00. The van der Waals surface area contributed by atoms with E-state index in [4.69, 9.17) is 0 Å². The average molecular weight is 262 g/mol. The third-order valence-corrected chi connectivity index (χ3v) is 4.17. The maximum absolute atomic E-state index is 3.67. The Morgan fingerprint density at radius 2 is 2.17 bits per heavy atom. The van der Waals surface area contributed by atoms with E-state index in [0.717, 1.165) is 13.1 Å². The van der Waals surface area contributed by atoms with Crippen molar-refractivity contribution < 1.29 is 0 Å². The molecule has 0 saturated heterocycles. The lowest BCUT2D eigenvalue weighted by Gasteiger charge is -2.21. The molecule has 2 aromatic rings. The first-order valence-corrected chi connectivity index (χ1v) is 7.50. The van der Waals surface area contributed by atoms with E-state index in [9.17, 15) is 0 Å². The van der Waals surface area contributed by atoms with Crippen LogP contribution in [-0.2, 0) is 13.1 Å². The lowest BCUT2D eigenvalue weighted by atomic mass is 10.0. The van der Waals surface area contributed by atoms with Gasteiger partial charge in [-0.05, 0) is 35.9 Å². The van der Waals surface area contributed by atoms with Gasteiger partial charge in [-0.2, -0.15) is 0 Å². The van der Waals surface area contributed by atoms with E-state index < -0.39 is 0 Å². The third kappa shape index (κ3) is 3.24. The van der Waals surface area contributed by atoms with Gasteiger partial charge in [0, 0.05) is 36.4 Å². The van der Waals surface area contributed by atoms with Crippen LogP contribution in [0.1, 0.15) is 37.3 Å². The number of hydrogen-bond donors (Lipinski definition) is 1. The Bertz CT molecular complexity index is 457. The molecule has 1 unspecified atom stereocenters. The Hall–Kier alpha value is -1.06. The predicted molar refractivity (Wildman–Crippen MR) is 78.8 cm³/mol. The Kier molecular flexibility index (Phi) is 4.61. The number of thiophene rings is 1. The van der Waals surface area contributed by atoms with E-state index in [1.165, 1.54) is 10.4 Å². The zero-order valence-electron chi connectivity index (χ0n) is 11.4. The minimum absolute atomic E-state index is 0.454. The zero-order chi connectivity index (χ0) is 13.0. The Morgan fingerprint density at radius 3 is 2.72 bits per heavy atom. The number of nitrogens with one attached hydrogen (secondary N) is 1. The number of aromatic nitrogens is 1. The van der Waals surface area contributed by atoms with Crippen LogP contribution in [0.25, 0.3) is 0 Å². The summed E-state index contributed by atoms with van der Waals surface area (Å²) < 4.78 is 2.21. The van der Waals surface area contributed by atoms with Gasteiger partial charge in [-0.25, -0.2) is 0 Å². The summed E-state index contributed by atoms with van der Waals surface area (Å²) in [5, 5.41) is 5.83. The lowest BCUT2D eigenvalue weighted by Crippen LogP contribution is -2.24. The van der Waals surface area contributed by atoms with Gasteiger partial charge in [-0.3, -0.25) is 0 Å². The van der Waals surface area contributed by atoms with Crippen molar-refractivity contribution in [3.05, 3.63) is 46.4 Å². The van der Waals surface area contributed by atoms with E-state index in [-0.39, 0.29) is 0 Å². The molecule has 0 aliphatic heterocycles. The molecule has 0 amide bonds. The highest BCUT2D eigenvalue weighted by molar-refractivity contribution is 7.10. The van der Waals surface area contributed by atoms with Crippen molar-refractivity contribution in [1.82, 2.24) is 9.88 Å². The molecule has 0 aromatic carbocycles. The number of hydrogen-bond acceptors (Lipinski definition) is 2. The molecule has 0 spiro atoms. The summed E-state index contributed by atoms with van der Waals surface area (Å²) in [6.07, 6.45) is 4.37. The minimum Gasteiger partial charge on any atom is -0.354 e. The molecule has 3 heteroatoms. The van der Waals surface area contributed by atoms with Crippen LogP contribution in [-0.4, -0.2) is 4.57 Å². The first kappa shape index (κ1) is 13.4. The molecule has 2 rings (SSSR count). The van der Waals surface area contributed by atoms with E-state index in [2.05, 4.69) is 66.6 Å². The number of nitrogens with zero attached hydrogens (tertiary/aromatic N) is 1. The Labute approximate surface area is 114 Å². The number of rotatable bonds is 6. The summed E-state index contributed by atoms with van der Waals surface area (Å²) >= 11 is 1.84. The van der Waals surface area contributed by atoms with E-state index >= 15 is 0 Å². The predicted octanol–water partition coefficient (Wildman–Crippen LogP) is 4.06. The van der Waals surface area contributed by atoms with E-state index in [1.54, 1.807) is 0 Å². The fourth-order valence-electron chi connectivity index (χ4n) is 2.15. The second kappa shape index (κ2) is 6.21. The molecule has 1 N–H and O–H groups in total. The van der Waals surface area contributed by atoms with Gasteiger partial charge in [0.1, 0.15) is 0 Å². The molecule has 2 heterocycles. The molecule has 18 heavy (non-hydrogen) atoms. The summed E-state index contributed by atoms with van der Waals surface area (Å²) in [5.41, 5.74) is 1.36. The van der Waals surface area contributed by atoms with Gasteiger partial charge in [0.05, 0.1) is 0 Å². The first-order chi connectivity index (χ1) is 8.70. The molecule has 0 radical (unpaired) electrons. The monoisotopic (exact) mass is 262 g/mol. The van der Waals surface area contributed by atoms with Gasteiger partial charge in [0.25, 0.3) is 0 Å². The van der Waals surface area contributed by atoms with Crippen LogP contribution in [0, 0.1) is 5.92 Å². The highest BCUT2D eigenvalue weighted by Crippen LogP contribution is 2.26. The fraction of sp³-hybridized carbons (Fsp3) is 0.467. The van der Waals surface area contributed by atoms with Crippen LogP contribution < -0.4 is 5.32 Å². The van der Waals surface area contributed by atoms with Crippen molar-refractivity contribution in [3.63, 3.8) is 0 Å². The molecule has 2 nitrogen and oxygen atoms in total. The van der Waals surface area contributed by atoms with Gasteiger partial charge in [0.15, 0.2) is 0 Å². The van der Waals surface area contributed by atoms with Gasteiger partial charge < -0.3 is 9.88 Å². The normalized spacial score (nSPS) is 13.1. The lowest BCUT2D eigenvalue weighted by molar-refractivity contribution is 0.416. The van der Waals surface area contributed by atoms with Crippen molar-refractivity contribution in [3.8, 4) is 0 Å². The Balaban J connectivity index is 1.98. The molecule has 0 aliphatic carbocycles. The van der Waals surface area contributed by atoms with Crippen molar-refractivity contribution in [2.75, 3.05) is 0 Å². The standard InChI is InChI=1S/C15H22N2S/c1-4-17-8-7-13(11-17)10-16-15(12(2)3)14-6-5-9-18-14/h5-9,11-12,15-16H,4,10H2,1-3H3. The molecule has 2 aromatic heterocycles. The van der Waals surface area contributed by atoms with Crippen LogP contribution in [0.15, 0.2) is 36.0 Å². The molecule has 0 fully saturated rings. The highest BCUT2D eigenvalue weighted by Gasteiger charge is 2.15. The smallest absolute Gasteiger partial charge is 0.0440 e. The molecular formula is C15H22N2S. The number of aryl methyl sites for hydroxylation is 1. The maximum Gasteiger partial charge on any atom is 0.0440 e. The molecule has 0 aliphatic rings. The summed E-state index contributed by atoms with van der Waals surface area (Å²) in [6.45, 7) is 8.69. The first-order valence-electron chi connectivity index (χ1n) is 6.62. The summed E-state index contributed by atoms with van der Waals surface area (Å²) in [4.78, 5) is 1.43. The van der Waals surface area contributed by atoms with Crippen molar-refractivity contribution >= 4 is 11.3 Å². The van der Waals surface area contributed by atoms with Gasteiger partial charge in [0.2, 0.25) is 0 Å². The van der Waals surface area contributed by atoms with Gasteiger partial charge >= 0.3 is 0 Å². The topological polar surface area (TPSA) is 17.0 Å². The molecular weight excluding hydrogens is 240 g/mol. The third-order valence-electron chi connectivity index (χ3n) is 3.22.